The van der Waals surface area contributed by atoms with Gasteiger partial charge in [0, 0.05) is 59.4 Å². The Balaban J connectivity index is 2.95. The monoisotopic (exact) mass is 488 g/mol. The molecule has 14 nitrogen and oxygen atoms in total. The van der Waals surface area contributed by atoms with Crippen molar-refractivity contribution >= 4 is 29.7 Å². The molecule has 2 amide bonds. The van der Waals surface area contributed by atoms with Gasteiger partial charge >= 0.3 is 17.9 Å². The molecule has 0 aromatic heterocycles. The summed E-state index contributed by atoms with van der Waals surface area (Å²) in [5.41, 5.74) is 0. The van der Waals surface area contributed by atoms with Crippen LogP contribution in [0, 0.1) is 0 Å². The highest BCUT2D eigenvalue weighted by Gasteiger charge is 2.22. The average Bonchev–Trinajstić information content (AvgIpc) is 2.73. The van der Waals surface area contributed by atoms with E-state index in [0.717, 1.165) is 0 Å². The van der Waals surface area contributed by atoms with Gasteiger partial charge in [-0.15, -0.1) is 0 Å². The van der Waals surface area contributed by atoms with Gasteiger partial charge in [-0.25, -0.2) is 0 Å². The van der Waals surface area contributed by atoms with Crippen molar-refractivity contribution in [2.45, 2.75) is 13.0 Å². The summed E-state index contributed by atoms with van der Waals surface area (Å²) in [6, 6.07) is -0.725. The number of likely N-dealkylation sites (N-methyl/N-ethyl adjacent to an activating group) is 1. The number of rotatable bonds is 10. The highest BCUT2D eigenvalue weighted by Crippen LogP contribution is 2.01. The zero-order chi connectivity index (χ0) is 25.7. The van der Waals surface area contributed by atoms with E-state index in [1.807, 2.05) is 0 Å². The third-order valence-corrected chi connectivity index (χ3v) is 5.39. The van der Waals surface area contributed by atoms with E-state index in [2.05, 4.69) is 10.6 Å². The van der Waals surface area contributed by atoms with Gasteiger partial charge in [0.05, 0.1) is 26.2 Å². The topological polar surface area (TPSA) is 183 Å². The molecule has 1 rings (SSSR count). The number of nitrogens with zero attached hydrogens (tertiary/aromatic N) is 4. The predicted molar refractivity (Wildman–Crippen MR) is 120 cm³/mol. The van der Waals surface area contributed by atoms with Gasteiger partial charge in [-0.05, 0) is 6.92 Å². The third-order valence-electron chi connectivity index (χ3n) is 5.39. The molecule has 0 aromatic carbocycles. The van der Waals surface area contributed by atoms with Crippen LogP contribution in [0.2, 0.25) is 0 Å². The maximum atomic E-state index is 12.5. The van der Waals surface area contributed by atoms with Crippen molar-refractivity contribution in [3.8, 4) is 0 Å². The molecule has 1 fully saturated rings. The Morgan fingerprint density at radius 1 is 0.647 bits per heavy atom. The molecule has 0 saturated carbocycles. The molecule has 1 aliphatic rings. The fourth-order valence-corrected chi connectivity index (χ4v) is 3.56. The van der Waals surface area contributed by atoms with Crippen LogP contribution in [0.4, 0.5) is 0 Å². The normalized spacial score (nSPS) is 18.8. The highest BCUT2D eigenvalue weighted by atomic mass is 16.4. The number of carbonyl (C=O) groups is 5. The van der Waals surface area contributed by atoms with Gasteiger partial charge in [0.1, 0.15) is 6.04 Å². The molecule has 1 heterocycles. The van der Waals surface area contributed by atoms with E-state index in [-0.39, 0.29) is 38.0 Å². The Bertz CT molecular complexity index is 689. The molecular weight excluding hydrogens is 452 g/mol. The molecule has 0 spiro atoms. The van der Waals surface area contributed by atoms with E-state index in [4.69, 9.17) is 0 Å². The lowest BCUT2D eigenvalue weighted by atomic mass is 10.3. The van der Waals surface area contributed by atoms with Crippen molar-refractivity contribution in [2.24, 2.45) is 0 Å². The second-order valence-electron chi connectivity index (χ2n) is 8.19. The van der Waals surface area contributed by atoms with Crippen LogP contribution in [0.1, 0.15) is 6.92 Å². The van der Waals surface area contributed by atoms with Crippen LogP contribution in [0.5, 0.6) is 0 Å². The number of carboxylic acid groups (broad SMARTS) is 3. The van der Waals surface area contributed by atoms with Gasteiger partial charge in [0.2, 0.25) is 11.8 Å². The second-order valence-corrected chi connectivity index (χ2v) is 8.19. The van der Waals surface area contributed by atoms with Crippen LogP contribution in [-0.4, -0.2) is 156 Å². The third kappa shape index (κ3) is 12.4. The van der Waals surface area contributed by atoms with Crippen molar-refractivity contribution in [2.75, 3.05) is 85.6 Å². The predicted octanol–water partition coefficient (Wildman–Crippen LogP) is -3.29. The SMILES string of the molecule is CNC(=O)[C@H](C)NC(=O)CN1CCN(CC(=O)O)CCN(CC(=O)O)CCN(CC(=O)O)CC1. The second kappa shape index (κ2) is 15.2. The molecule has 14 heteroatoms. The maximum Gasteiger partial charge on any atom is 0.317 e. The molecule has 1 atom stereocenters. The molecule has 194 valence electrons. The Morgan fingerprint density at radius 3 is 1.21 bits per heavy atom. The first-order valence-electron chi connectivity index (χ1n) is 11.1. The molecule has 34 heavy (non-hydrogen) atoms. The smallest absolute Gasteiger partial charge is 0.317 e. The van der Waals surface area contributed by atoms with Gasteiger partial charge in [0.25, 0.3) is 0 Å². The lowest BCUT2D eigenvalue weighted by molar-refractivity contribution is -0.140. The first-order chi connectivity index (χ1) is 16.0. The summed E-state index contributed by atoms with van der Waals surface area (Å²) in [6.45, 7) is 3.26. The van der Waals surface area contributed by atoms with Crippen LogP contribution >= 0.6 is 0 Å². The average molecular weight is 489 g/mol. The lowest BCUT2D eigenvalue weighted by Gasteiger charge is -2.33. The molecule has 5 N–H and O–H groups in total. The van der Waals surface area contributed by atoms with Crippen LogP contribution in [-0.2, 0) is 24.0 Å². The largest absolute Gasteiger partial charge is 0.480 e. The molecule has 0 unspecified atom stereocenters. The lowest BCUT2D eigenvalue weighted by Crippen LogP contribution is -2.51. The quantitative estimate of drug-likeness (QED) is 0.207. The number of carboxylic acids is 3. The summed E-state index contributed by atoms with van der Waals surface area (Å²) < 4.78 is 0. The molecule has 1 saturated heterocycles. The molecule has 0 aromatic rings. The maximum absolute atomic E-state index is 12.5. The van der Waals surface area contributed by atoms with Gasteiger partial charge < -0.3 is 26.0 Å². The molecular formula is C20H36N6O8. The minimum atomic E-state index is -1.02. The number of amides is 2. The van der Waals surface area contributed by atoms with Gasteiger partial charge in [-0.1, -0.05) is 0 Å². The van der Waals surface area contributed by atoms with E-state index in [9.17, 15) is 39.3 Å². The summed E-state index contributed by atoms with van der Waals surface area (Å²) >= 11 is 0. The Morgan fingerprint density at radius 2 is 0.941 bits per heavy atom. The van der Waals surface area contributed by atoms with E-state index in [0.29, 0.717) is 52.4 Å². The molecule has 0 bridgehead atoms. The zero-order valence-corrected chi connectivity index (χ0v) is 19.7. The summed E-state index contributed by atoms with van der Waals surface area (Å²) in [6.07, 6.45) is 0. The minimum Gasteiger partial charge on any atom is -0.480 e. The number of aliphatic carboxylic acids is 3. The zero-order valence-electron chi connectivity index (χ0n) is 19.7. The van der Waals surface area contributed by atoms with Gasteiger partial charge in [0.15, 0.2) is 0 Å². The number of nitrogens with one attached hydrogen (secondary N) is 2. The molecule has 1 aliphatic heterocycles. The highest BCUT2D eigenvalue weighted by molar-refractivity contribution is 5.87. The van der Waals surface area contributed by atoms with E-state index in [1.165, 1.54) is 7.05 Å². The fourth-order valence-electron chi connectivity index (χ4n) is 3.56. The summed E-state index contributed by atoms with van der Waals surface area (Å²) in [5.74, 6) is -3.79. The van der Waals surface area contributed by atoms with Crippen molar-refractivity contribution < 1.29 is 39.3 Å². The summed E-state index contributed by atoms with van der Waals surface area (Å²) in [7, 11) is 1.47. The van der Waals surface area contributed by atoms with E-state index < -0.39 is 23.9 Å². The van der Waals surface area contributed by atoms with Crippen LogP contribution < -0.4 is 10.6 Å². The van der Waals surface area contributed by atoms with Gasteiger partial charge in [-0.2, -0.15) is 0 Å². The minimum absolute atomic E-state index is 0.0473. The standard InChI is InChI=1S/C20H36N6O8/c1-15(20(34)21-2)22-16(27)11-23-3-5-24(12-17(28)29)7-9-26(14-19(32)33)10-8-25(6-4-23)13-18(30)31/h15H,3-14H2,1-2H3,(H,21,34)(H,22,27)(H,28,29)(H,30,31)(H,32,33)/t15-/m0/s1. The number of carbonyl (C=O) groups excluding carboxylic acids is 2. The van der Waals surface area contributed by atoms with E-state index in [1.54, 1.807) is 26.5 Å². The van der Waals surface area contributed by atoms with Crippen molar-refractivity contribution in [3.05, 3.63) is 0 Å². The van der Waals surface area contributed by atoms with Gasteiger partial charge in [-0.3, -0.25) is 43.6 Å². The number of hydrogen-bond donors (Lipinski definition) is 5. The molecule has 0 aliphatic carbocycles. The Kier molecular flexibility index (Phi) is 13.0. The first kappa shape index (κ1) is 29.2. The van der Waals surface area contributed by atoms with Crippen LogP contribution in [0.15, 0.2) is 0 Å². The molecule has 0 radical (unpaired) electrons. The number of hydrogen-bond acceptors (Lipinski definition) is 9. The Labute approximate surface area is 198 Å². The van der Waals surface area contributed by atoms with E-state index >= 15 is 0 Å². The summed E-state index contributed by atoms with van der Waals surface area (Å²) in [5, 5.41) is 32.7. The van der Waals surface area contributed by atoms with Crippen molar-refractivity contribution in [1.29, 1.82) is 0 Å². The fraction of sp³-hybridized carbons (Fsp3) is 0.750. The van der Waals surface area contributed by atoms with Crippen molar-refractivity contribution in [1.82, 2.24) is 30.2 Å². The Hall–Kier alpha value is -2.81. The van der Waals surface area contributed by atoms with Crippen LogP contribution in [0.3, 0.4) is 0 Å². The van der Waals surface area contributed by atoms with Crippen molar-refractivity contribution in [3.63, 3.8) is 0 Å². The summed E-state index contributed by atoms with van der Waals surface area (Å²) in [4.78, 5) is 64.7. The van der Waals surface area contributed by atoms with Crippen LogP contribution in [0.25, 0.3) is 0 Å². The first-order valence-corrected chi connectivity index (χ1v) is 11.1.